The van der Waals surface area contributed by atoms with Gasteiger partial charge in [0.2, 0.25) is 0 Å². The van der Waals surface area contributed by atoms with Gasteiger partial charge in [-0.1, -0.05) is 38.5 Å². The molecule has 8 heteroatoms. The Balaban J connectivity index is 1.97. The molecule has 0 radical (unpaired) electrons. The lowest BCUT2D eigenvalue weighted by Crippen LogP contribution is -2.54. The van der Waals surface area contributed by atoms with Crippen molar-refractivity contribution in [3.63, 3.8) is 0 Å². The number of hydrogen-bond donors (Lipinski definition) is 0. The summed E-state index contributed by atoms with van der Waals surface area (Å²) in [6.45, 7) is 15.2. The van der Waals surface area contributed by atoms with Crippen LogP contribution in [0.2, 0.25) is 18.1 Å². The summed E-state index contributed by atoms with van der Waals surface area (Å²) in [6, 6.07) is 9.88. The van der Waals surface area contributed by atoms with E-state index in [1.54, 1.807) is 31.4 Å². The minimum Gasteiger partial charge on any atom is -0.496 e. The average molecular weight is 479 g/mol. The lowest BCUT2D eigenvalue weighted by atomic mass is 9.81. The van der Waals surface area contributed by atoms with E-state index in [0.717, 1.165) is 16.7 Å². The third-order valence-corrected chi connectivity index (χ3v) is 12.0. The van der Waals surface area contributed by atoms with Crippen molar-refractivity contribution in [2.45, 2.75) is 69.9 Å². The molecular weight excluding hydrogens is 444 g/mol. The van der Waals surface area contributed by atoms with Crippen LogP contribution in [0.15, 0.2) is 41.3 Å². The van der Waals surface area contributed by atoms with E-state index in [9.17, 15) is 8.42 Å². The fourth-order valence-electron chi connectivity index (χ4n) is 3.58. The molecule has 1 atom stereocenters. The normalized spacial score (nSPS) is 18.6. The molecule has 0 heterocycles. The van der Waals surface area contributed by atoms with Gasteiger partial charge < -0.3 is 18.1 Å². The van der Waals surface area contributed by atoms with Crippen LogP contribution >= 0.6 is 0 Å². The van der Waals surface area contributed by atoms with Gasteiger partial charge in [0.15, 0.2) is 14.1 Å². The molecule has 0 N–H and O–H groups in total. The predicted molar refractivity (Wildman–Crippen MR) is 127 cm³/mol. The van der Waals surface area contributed by atoms with E-state index in [-0.39, 0.29) is 15.7 Å². The van der Waals surface area contributed by atoms with Crippen LogP contribution < -0.4 is 8.92 Å². The topological polar surface area (TPSA) is 71.1 Å². The number of rotatable bonds is 8. The molecule has 1 aliphatic carbocycles. The van der Waals surface area contributed by atoms with Gasteiger partial charge in [0, 0.05) is 19.1 Å². The van der Waals surface area contributed by atoms with Crippen molar-refractivity contribution in [3.8, 4) is 11.5 Å². The maximum Gasteiger partial charge on any atom is 0.339 e. The zero-order valence-corrected chi connectivity index (χ0v) is 22.1. The molecule has 1 unspecified atom stereocenters. The van der Waals surface area contributed by atoms with Gasteiger partial charge in [0.05, 0.1) is 12.7 Å². The maximum atomic E-state index is 12.7. The SMILES string of the molecule is CCOC1(O[Si](C)(C)C(C)(C)C)Cc2cc(OS(=O)(=O)c3ccc(C)cc3)cc(OC)c21. The lowest BCUT2D eigenvalue weighted by molar-refractivity contribution is -0.213. The summed E-state index contributed by atoms with van der Waals surface area (Å²) in [5.41, 5.74) is 2.68. The largest absolute Gasteiger partial charge is 0.496 e. The van der Waals surface area contributed by atoms with Crippen LogP contribution in [0.1, 0.15) is 44.4 Å². The Hall–Kier alpha value is -1.87. The molecule has 0 aromatic heterocycles. The van der Waals surface area contributed by atoms with E-state index in [4.69, 9.17) is 18.1 Å². The Bertz CT molecular complexity index is 1090. The zero-order valence-electron chi connectivity index (χ0n) is 20.2. The summed E-state index contributed by atoms with van der Waals surface area (Å²) < 4.78 is 49.5. The average Bonchev–Trinajstić information content (AvgIpc) is 2.65. The zero-order chi connectivity index (χ0) is 23.9. The summed E-state index contributed by atoms with van der Waals surface area (Å²) in [6.07, 6.45) is 0.501. The number of hydrogen-bond acceptors (Lipinski definition) is 6. The Labute approximate surface area is 193 Å². The Morgan fingerprint density at radius 1 is 1.09 bits per heavy atom. The molecule has 3 rings (SSSR count). The Morgan fingerprint density at radius 2 is 1.72 bits per heavy atom. The van der Waals surface area contributed by atoms with Crippen LogP contribution in [0.3, 0.4) is 0 Å². The second kappa shape index (κ2) is 8.48. The Morgan fingerprint density at radius 3 is 2.25 bits per heavy atom. The molecule has 0 bridgehead atoms. The minimum absolute atomic E-state index is 0.00522. The number of methoxy groups -OCH3 is 1. The van der Waals surface area contributed by atoms with Crippen molar-refractivity contribution in [2.24, 2.45) is 0 Å². The fraction of sp³-hybridized carbons (Fsp3) is 0.500. The van der Waals surface area contributed by atoms with Crippen molar-refractivity contribution in [2.75, 3.05) is 13.7 Å². The van der Waals surface area contributed by atoms with Gasteiger partial charge in [0.25, 0.3) is 0 Å². The quantitative estimate of drug-likeness (QED) is 0.282. The lowest BCUT2D eigenvalue weighted by Gasteiger charge is -2.50. The molecular formula is C24H34O6SSi. The first kappa shape index (κ1) is 24.8. The molecule has 0 aliphatic heterocycles. The first-order chi connectivity index (χ1) is 14.7. The van der Waals surface area contributed by atoms with Crippen molar-refractivity contribution in [1.82, 2.24) is 0 Å². The molecule has 0 spiro atoms. The summed E-state index contributed by atoms with van der Waals surface area (Å²) in [5, 5.41) is 0.00522. The van der Waals surface area contributed by atoms with E-state index in [2.05, 4.69) is 33.9 Å². The van der Waals surface area contributed by atoms with Crippen LogP contribution in [-0.4, -0.2) is 30.5 Å². The van der Waals surface area contributed by atoms with Crippen LogP contribution in [-0.2, 0) is 31.5 Å². The summed E-state index contributed by atoms with van der Waals surface area (Å²) >= 11 is 0. The smallest absolute Gasteiger partial charge is 0.339 e. The molecule has 1 aliphatic rings. The molecule has 0 saturated carbocycles. The van der Waals surface area contributed by atoms with Crippen LogP contribution in [0.4, 0.5) is 0 Å². The minimum atomic E-state index is -3.96. The molecule has 0 fully saturated rings. The monoisotopic (exact) mass is 478 g/mol. The third-order valence-electron chi connectivity index (χ3n) is 6.30. The maximum absolute atomic E-state index is 12.7. The highest BCUT2D eigenvalue weighted by Gasteiger charge is 2.53. The van der Waals surface area contributed by atoms with Gasteiger partial charge in [-0.3, -0.25) is 0 Å². The van der Waals surface area contributed by atoms with Crippen LogP contribution in [0, 0.1) is 6.92 Å². The standard InChI is InChI=1S/C24H34O6SSi/c1-9-28-24(30-32(7,8)23(3,4)5)16-18-14-19(15-21(27-6)22(18)24)29-31(25,26)20-12-10-17(2)11-13-20/h10-15H,9,16H2,1-8H3. The second-order valence-corrected chi connectivity index (χ2v) is 16.0. The number of fused-ring (bicyclic) bond motifs is 1. The van der Waals surface area contributed by atoms with Crippen LogP contribution in [0.25, 0.3) is 0 Å². The van der Waals surface area contributed by atoms with E-state index < -0.39 is 24.2 Å². The number of ether oxygens (including phenoxy) is 2. The Kier molecular flexibility index (Phi) is 6.56. The van der Waals surface area contributed by atoms with Gasteiger partial charge in [-0.05, 0) is 55.7 Å². The van der Waals surface area contributed by atoms with E-state index in [0.29, 0.717) is 18.8 Å². The van der Waals surface area contributed by atoms with E-state index in [1.165, 1.54) is 12.1 Å². The highest BCUT2D eigenvalue weighted by Crippen LogP contribution is 2.53. The van der Waals surface area contributed by atoms with Crippen molar-refractivity contribution >= 4 is 18.4 Å². The molecule has 2 aromatic carbocycles. The summed E-state index contributed by atoms with van der Waals surface area (Å²) in [7, 11) is -4.57. The first-order valence-corrected chi connectivity index (χ1v) is 15.1. The number of benzene rings is 2. The molecule has 0 saturated heterocycles. The van der Waals surface area contributed by atoms with E-state index in [1.807, 2.05) is 13.8 Å². The van der Waals surface area contributed by atoms with Crippen molar-refractivity contribution in [1.29, 1.82) is 0 Å². The molecule has 32 heavy (non-hydrogen) atoms. The van der Waals surface area contributed by atoms with Crippen molar-refractivity contribution in [3.05, 3.63) is 53.1 Å². The number of aryl methyl sites for hydroxylation is 1. The summed E-state index contributed by atoms with van der Waals surface area (Å²) in [4.78, 5) is 0.106. The second-order valence-electron chi connectivity index (χ2n) is 9.74. The van der Waals surface area contributed by atoms with Gasteiger partial charge in [-0.15, -0.1) is 0 Å². The van der Waals surface area contributed by atoms with Gasteiger partial charge in [-0.25, -0.2) is 0 Å². The molecule has 6 nitrogen and oxygen atoms in total. The van der Waals surface area contributed by atoms with Crippen molar-refractivity contribution < 1.29 is 26.5 Å². The van der Waals surface area contributed by atoms with Gasteiger partial charge in [-0.2, -0.15) is 8.42 Å². The van der Waals surface area contributed by atoms with Gasteiger partial charge >= 0.3 is 10.1 Å². The van der Waals surface area contributed by atoms with Crippen LogP contribution in [0.5, 0.6) is 11.5 Å². The van der Waals surface area contributed by atoms with E-state index >= 15 is 0 Å². The first-order valence-electron chi connectivity index (χ1n) is 10.8. The summed E-state index contributed by atoms with van der Waals surface area (Å²) in [5.74, 6) is -0.194. The van der Waals surface area contributed by atoms with Gasteiger partial charge in [0.1, 0.15) is 16.4 Å². The fourth-order valence-corrected chi connectivity index (χ4v) is 5.86. The molecule has 0 amide bonds. The predicted octanol–water partition coefficient (Wildman–Crippen LogP) is 5.54. The highest BCUT2D eigenvalue weighted by atomic mass is 32.2. The molecule has 176 valence electrons. The molecule has 2 aromatic rings. The third kappa shape index (κ3) is 4.59. The highest BCUT2D eigenvalue weighted by molar-refractivity contribution is 7.87.